The average molecular weight is 236 g/mol. The van der Waals surface area contributed by atoms with Gasteiger partial charge in [-0.1, -0.05) is 0 Å². The highest BCUT2D eigenvalue weighted by molar-refractivity contribution is 7.87. The molecule has 1 rings (SSSR count). The number of carboxylic acid groups (broad SMARTS) is 1. The summed E-state index contributed by atoms with van der Waals surface area (Å²) in [7, 11) is -2.20. The van der Waals surface area contributed by atoms with E-state index < -0.39 is 22.2 Å². The Hall–Kier alpha value is -0.660. The summed E-state index contributed by atoms with van der Waals surface area (Å²) in [5, 5.41) is 8.58. The molecule has 1 aliphatic rings. The van der Waals surface area contributed by atoms with Gasteiger partial charge in [0.15, 0.2) is 0 Å². The first-order chi connectivity index (χ1) is 6.83. The number of aliphatic carboxylic acids is 1. The normalized spacial score (nSPS) is 19.1. The first kappa shape index (κ1) is 12.4. The molecule has 1 saturated carbocycles. The van der Waals surface area contributed by atoms with Crippen molar-refractivity contribution in [1.82, 2.24) is 9.03 Å². The maximum atomic E-state index is 11.6. The fourth-order valence-electron chi connectivity index (χ4n) is 1.13. The molecule has 0 aliphatic heterocycles. The number of nitrogens with zero attached hydrogens (tertiary/aromatic N) is 1. The minimum atomic E-state index is -3.66. The van der Waals surface area contributed by atoms with Crippen molar-refractivity contribution in [3.8, 4) is 0 Å². The Balaban J connectivity index is 2.52. The highest BCUT2D eigenvalue weighted by atomic mass is 32.2. The summed E-state index contributed by atoms with van der Waals surface area (Å²) < 4.78 is 26.4. The van der Waals surface area contributed by atoms with Crippen LogP contribution in [0.2, 0.25) is 0 Å². The van der Waals surface area contributed by atoms with Gasteiger partial charge in [-0.25, -0.2) is 0 Å². The van der Waals surface area contributed by atoms with Gasteiger partial charge in [0.2, 0.25) is 0 Å². The first-order valence-corrected chi connectivity index (χ1v) is 6.23. The van der Waals surface area contributed by atoms with Crippen LogP contribution in [-0.2, 0) is 15.0 Å². The number of carboxylic acids is 1. The lowest BCUT2D eigenvalue weighted by molar-refractivity contribution is -0.138. The molecular weight excluding hydrogens is 220 g/mol. The summed E-state index contributed by atoms with van der Waals surface area (Å²) in [6, 6.07) is -1.10. The van der Waals surface area contributed by atoms with Crippen molar-refractivity contribution >= 4 is 16.2 Å². The number of rotatable bonds is 6. The molecule has 15 heavy (non-hydrogen) atoms. The Morgan fingerprint density at radius 3 is 2.53 bits per heavy atom. The monoisotopic (exact) mass is 236 g/mol. The van der Waals surface area contributed by atoms with Gasteiger partial charge in [0.05, 0.1) is 0 Å². The molecule has 0 aromatic carbocycles. The lowest BCUT2D eigenvalue weighted by Crippen LogP contribution is -2.46. The molecule has 0 bridgehead atoms. The van der Waals surface area contributed by atoms with Gasteiger partial charge < -0.3 is 5.11 Å². The molecule has 0 amide bonds. The topological polar surface area (TPSA) is 86.7 Å². The van der Waals surface area contributed by atoms with E-state index in [1.54, 1.807) is 0 Å². The van der Waals surface area contributed by atoms with Crippen LogP contribution in [0.1, 0.15) is 19.8 Å². The zero-order valence-corrected chi connectivity index (χ0v) is 9.62. The summed E-state index contributed by atoms with van der Waals surface area (Å²) in [5.74, 6) is -0.745. The Labute approximate surface area is 89.4 Å². The van der Waals surface area contributed by atoms with Crippen molar-refractivity contribution in [2.24, 2.45) is 5.92 Å². The molecule has 1 fully saturated rings. The summed E-state index contributed by atoms with van der Waals surface area (Å²) in [5.41, 5.74) is 0. The van der Waals surface area contributed by atoms with E-state index in [4.69, 9.17) is 5.11 Å². The fraction of sp³-hybridized carbons (Fsp3) is 0.875. The van der Waals surface area contributed by atoms with Crippen molar-refractivity contribution in [3.63, 3.8) is 0 Å². The van der Waals surface area contributed by atoms with Gasteiger partial charge in [-0.05, 0) is 25.7 Å². The molecule has 1 unspecified atom stereocenters. The molecule has 6 nitrogen and oxygen atoms in total. The standard InChI is InChI=1S/C8H16N2O4S/c1-6(8(11)12)9-15(13,14)10(2)5-7-3-4-7/h6-7,9H,3-5H2,1-2H3,(H,11,12). The molecule has 0 aromatic heterocycles. The van der Waals surface area contributed by atoms with E-state index in [0.29, 0.717) is 12.5 Å². The van der Waals surface area contributed by atoms with E-state index in [1.165, 1.54) is 18.3 Å². The second-order valence-electron chi connectivity index (χ2n) is 3.91. The third-order valence-electron chi connectivity index (χ3n) is 2.32. The molecule has 7 heteroatoms. The molecule has 0 aromatic rings. The van der Waals surface area contributed by atoms with Crippen LogP contribution in [0.15, 0.2) is 0 Å². The van der Waals surface area contributed by atoms with Gasteiger partial charge in [-0.15, -0.1) is 0 Å². The summed E-state index contributed by atoms with van der Waals surface area (Å²) in [6.45, 7) is 1.76. The van der Waals surface area contributed by atoms with Crippen LogP contribution < -0.4 is 4.72 Å². The quantitative estimate of drug-likeness (QED) is 0.659. The molecule has 2 N–H and O–H groups in total. The predicted molar refractivity (Wildman–Crippen MR) is 54.5 cm³/mol. The number of hydrogen-bond acceptors (Lipinski definition) is 3. The largest absolute Gasteiger partial charge is 0.480 e. The van der Waals surface area contributed by atoms with Gasteiger partial charge in [-0.3, -0.25) is 4.79 Å². The highest BCUT2D eigenvalue weighted by Crippen LogP contribution is 2.29. The van der Waals surface area contributed by atoms with Gasteiger partial charge in [0.25, 0.3) is 10.2 Å². The zero-order chi connectivity index (χ0) is 11.6. The molecule has 0 saturated heterocycles. The molecule has 1 atom stereocenters. The van der Waals surface area contributed by atoms with Gasteiger partial charge >= 0.3 is 5.97 Å². The lowest BCUT2D eigenvalue weighted by Gasteiger charge is -2.18. The van der Waals surface area contributed by atoms with E-state index in [0.717, 1.165) is 12.8 Å². The molecular formula is C8H16N2O4S. The van der Waals surface area contributed by atoms with Crippen LogP contribution in [0.5, 0.6) is 0 Å². The minimum Gasteiger partial charge on any atom is -0.480 e. The molecule has 1 aliphatic carbocycles. The van der Waals surface area contributed by atoms with Crippen molar-refractivity contribution in [2.75, 3.05) is 13.6 Å². The fourth-order valence-corrected chi connectivity index (χ4v) is 2.26. The Bertz CT molecular complexity index is 337. The van der Waals surface area contributed by atoms with Crippen molar-refractivity contribution in [1.29, 1.82) is 0 Å². The highest BCUT2D eigenvalue weighted by Gasteiger charge is 2.29. The molecule has 0 spiro atoms. The number of hydrogen-bond donors (Lipinski definition) is 2. The predicted octanol–water partition coefficient (Wildman–Crippen LogP) is -0.364. The Kier molecular flexibility index (Phi) is 3.69. The number of carbonyl (C=O) groups is 1. The van der Waals surface area contributed by atoms with E-state index in [1.807, 2.05) is 0 Å². The molecule has 0 radical (unpaired) electrons. The van der Waals surface area contributed by atoms with Crippen LogP contribution in [0, 0.1) is 5.92 Å². The smallest absolute Gasteiger partial charge is 0.321 e. The summed E-state index contributed by atoms with van der Waals surface area (Å²) >= 11 is 0. The Morgan fingerprint density at radius 1 is 1.60 bits per heavy atom. The van der Waals surface area contributed by atoms with E-state index in [-0.39, 0.29) is 0 Å². The van der Waals surface area contributed by atoms with Crippen LogP contribution in [0.25, 0.3) is 0 Å². The van der Waals surface area contributed by atoms with E-state index in [9.17, 15) is 13.2 Å². The summed E-state index contributed by atoms with van der Waals surface area (Å²) in [4.78, 5) is 10.5. The van der Waals surface area contributed by atoms with Gasteiger partial charge in [0, 0.05) is 13.6 Å². The second-order valence-corrected chi connectivity index (χ2v) is 5.72. The van der Waals surface area contributed by atoms with Crippen molar-refractivity contribution in [3.05, 3.63) is 0 Å². The van der Waals surface area contributed by atoms with E-state index in [2.05, 4.69) is 4.72 Å². The SMILES string of the molecule is CC(NS(=O)(=O)N(C)CC1CC1)C(=O)O. The van der Waals surface area contributed by atoms with Crippen LogP contribution in [-0.4, -0.2) is 43.4 Å². The van der Waals surface area contributed by atoms with Gasteiger partial charge in [-0.2, -0.15) is 17.4 Å². The van der Waals surface area contributed by atoms with E-state index >= 15 is 0 Å². The molecule has 88 valence electrons. The number of nitrogens with one attached hydrogen (secondary N) is 1. The van der Waals surface area contributed by atoms with Crippen LogP contribution >= 0.6 is 0 Å². The zero-order valence-electron chi connectivity index (χ0n) is 8.80. The third-order valence-corrected chi connectivity index (χ3v) is 3.94. The average Bonchev–Trinajstić information content (AvgIpc) is 2.87. The van der Waals surface area contributed by atoms with Gasteiger partial charge in [0.1, 0.15) is 6.04 Å². The Morgan fingerprint density at radius 2 is 2.13 bits per heavy atom. The lowest BCUT2D eigenvalue weighted by atomic mass is 10.4. The second kappa shape index (κ2) is 4.46. The summed E-state index contributed by atoms with van der Waals surface area (Å²) in [6.07, 6.45) is 2.10. The maximum absolute atomic E-state index is 11.6. The third kappa shape index (κ3) is 3.77. The maximum Gasteiger partial charge on any atom is 0.321 e. The minimum absolute atomic E-state index is 0.437. The van der Waals surface area contributed by atoms with Crippen LogP contribution in [0.4, 0.5) is 0 Å². The van der Waals surface area contributed by atoms with Crippen molar-refractivity contribution in [2.45, 2.75) is 25.8 Å². The van der Waals surface area contributed by atoms with Crippen LogP contribution in [0.3, 0.4) is 0 Å². The first-order valence-electron chi connectivity index (χ1n) is 4.79. The van der Waals surface area contributed by atoms with Crippen molar-refractivity contribution < 1.29 is 18.3 Å². The molecule has 0 heterocycles.